The quantitative estimate of drug-likeness (QED) is 0.626. The predicted molar refractivity (Wildman–Crippen MR) is 108 cm³/mol. The van der Waals surface area contributed by atoms with E-state index >= 15 is 0 Å². The number of benzene rings is 1. The first-order valence-corrected chi connectivity index (χ1v) is 9.45. The van der Waals surface area contributed by atoms with Crippen LogP contribution in [0.4, 0.5) is 5.69 Å². The van der Waals surface area contributed by atoms with Gasteiger partial charge in [-0.25, -0.2) is 0 Å². The van der Waals surface area contributed by atoms with Crippen LogP contribution in [0.25, 0.3) is 0 Å². The Balaban J connectivity index is 1.86. The number of amides is 1. The third-order valence-electron chi connectivity index (χ3n) is 4.25. The third kappa shape index (κ3) is 3.98. The highest BCUT2D eigenvalue weighted by Gasteiger charge is 2.20. The molecule has 0 aliphatic rings. The predicted octanol–water partition coefficient (Wildman–Crippen LogP) is 4.98. The first-order valence-electron chi connectivity index (χ1n) is 8.32. The Morgan fingerprint density at radius 2 is 1.85 bits per heavy atom. The van der Waals surface area contributed by atoms with Crippen molar-refractivity contribution in [1.82, 2.24) is 19.6 Å². The van der Waals surface area contributed by atoms with Gasteiger partial charge in [0, 0.05) is 6.54 Å². The second-order valence-corrected chi connectivity index (χ2v) is 7.28. The Kier molecular flexibility index (Phi) is 5.79. The molecule has 9 heteroatoms. The minimum absolute atomic E-state index is 0.313. The van der Waals surface area contributed by atoms with E-state index in [1.54, 1.807) is 16.8 Å². The molecule has 0 spiro atoms. The van der Waals surface area contributed by atoms with Gasteiger partial charge in [0.1, 0.15) is 5.69 Å². The van der Waals surface area contributed by atoms with E-state index in [2.05, 4.69) is 15.5 Å². The van der Waals surface area contributed by atoms with Crippen molar-refractivity contribution < 1.29 is 4.79 Å². The van der Waals surface area contributed by atoms with E-state index in [0.29, 0.717) is 45.2 Å². The Labute approximate surface area is 172 Å². The van der Waals surface area contributed by atoms with Crippen LogP contribution in [0, 0.1) is 13.8 Å². The number of carbonyl (C=O) groups is 1. The van der Waals surface area contributed by atoms with Gasteiger partial charge in [0.05, 0.1) is 44.9 Å². The number of hydrogen-bond acceptors (Lipinski definition) is 3. The summed E-state index contributed by atoms with van der Waals surface area (Å²) in [5, 5.41) is 12.8. The highest BCUT2D eigenvalue weighted by molar-refractivity contribution is 6.42. The van der Waals surface area contributed by atoms with E-state index < -0.39 is 0 Å². The summed E-state index contributed by atoms with van der Waals surface area (Å²) in [6, 6.07) is 5.45. The van der Waals surface area contributed by atoms with Crippen LogP contribution in [0.3, 0.4) is 0 Å². The largest absolute Gasteiger partial charge is 0.317 e. The Bertz CT molecular complexity index is 1010. The van der Waals surface area contributed by atoms with E-state index in [1.807, 2.05) is 31.5 Å². The lowest BCUT2D eigenvalue weighted by atomic mass is 10.2. The number of nitrogens with zero attached hydrogens (tertiary/aromatic N) is 4. The van der Waals surface area contributed by atoms with Crippen molar-refractivity contribution in [3.05, 3.63) is 62.1 Å². The number of nitrogens with one attached hydrogen (secondary N) is 1. The fraction of sp³-hybridized carbons (Fsp3) is 0.278. The van der Waals surface area contributed by atoms with Crippen molar-refractivity contribution in [3.8, 4) is 0 Å². The Hall–Kier alpha value is -2.02. The Morgan fingerprint density at radius 3 is 2.52 bits per heavy atom. The molecule has 0 radical (unpaired) electrons. The standard InChI is InChI=1S/C18H18Cl3N5O/c1-4-25-17(15(21)8-22-25)18(27)23-16-10(2)24-26(11(16)3)9-12-5-6-13(19)14(20)7-12/h5-8H,4,9H2,1-3H3,(H,23,27). The summed E-state index contributed by atoms with van der Waals surface area (Å²) in [7, 11) is 0. The van der Waals surface area contributed by atoms with Gasteiger partial charge in [-0.05, 0) is 38.5 Å². The summed E-state index contributed by atoms with van der Waals surface area (Å²) in [5.74, 6) is -0.320. The zero-order valence-corrected chi connectivity index (χ0v) is 17.3. The third-order valence-corrected chi connectivity index (χ3v) is 5.26. The molecule has 1 amide bonds. The number of rotatable bonds is 5. The van der Waals surface area contributed by atoms with Gasteiger partial charge < -0.3 is 5.32 Å². The fourth-order valence-corrected chi connectivity index (χ4v) is 3.39. The average Bonchev–Trinajstić information content (AvgIpc) is 3.12. The molecule has 3 aromatic rings. The average molecular weight is 427 g/mol. The molecule has 2 heterocycles. The van der Waals surface area contributed by atoms with Gasteiger partial charge in [0.25, 0.3) is 5.91 Å². The van der Waals surface area contributed by atoms with Crippen LogP contribution in [0.2, 0.25) is 15.1 Å². The van der Waals surface area contributed by atoms with Gasteiger partial charge in [0.2, 0.25) is 0 Å². The zero-order valence-electron chi connectivity index (χ0n) is 15.1. The highest BCUT2D eigenvalue weighted by Crippen LogP contribution is 2.26. The number of anilines is 1. The lowest BCUT2D eigenvalue weighted by Crippen LogP contribution is -2.18. The van der Waals surface area contributed by atoms with E-state index in [4.69, 9.17) is 34.8 Å². The topological polar surface area (TPSA) is 64.7 Å². The van der Waals surface area contributed by atoms with Crippen LogP contribution < -0.4 is 5.32 Å². The number of hydrogen-bond donors (Lipinski definition) is 1. The van der Waals surface area contributed by atoms with Crippen LogP contribution in [0.15, 0.2) is 24.4 Å². The van der Waals surface area contributed by atoms with Gasteiger partial charge in [0.15, 0.2) is 0 Å². The molecule has 0 fully saturated rings. The minimum atomic E-state index is -0.320. The molecule has 0 atom stereocenters. The Morgan fingerprint density at radius 1 is 1.11 bits per heavy atom. The summed E-state index contributed by atoms with van der Waals surface area (Å²) in [6.07, 6.45) is 1.47. The van der Waals surface area contributed by atoms with Gasteiger partial charge in [-0.15, -0.1) is 0 Å². The van der Waals surface area contributed by atoms with E-state index in [-0.39, 0.29) is 5.91 Å². The molecule has 3 rings (SSSR count). The van der Waals surface area contributed by atoms with Crippen LogP contribution in [-0.4, -0.2) is 25.5 Å². The number of halogens is 3. The molecule has 1 N–H and O–H groups in total. The van der Waals surface area contributed by atoms with Crippen LogP contribution in [0.1, 0.15) is 34.4 Å². The summed E-state index contributed by atoms with van der Waals surface area (Å²) in [5.41, 5.74) is 3.47. The molecule has 0 unspecified atom stereocenters. The molecule has 6 nitrogen and oxygen atoms in total. The lowest BCUT2D eigenvalue weighted by Gasteiger charge is -2.09. The molecule has 2 aromatic heterocycles. The van der Waals surface area contributed by atoms with Gasteiger partial charge in [-0.1, -0.05) is 40.9 Å². The molecule has 0 aliphatic carbocycles. The van der Waals surface area contributed by atoms with Crippen LogP contribution >= 0.6 is 34.8 Å². The molecule has 0 saturated carbocycles. The van der Waals surface area contributed by atoms with E-state index in [1.165, 1.54) is 6.20 Å². The van der Waals surface area contributed by atoms with E-state index in [9.17, 15) is 4.79 Å². The first kappa shape index (κ1) is 19.7. The minimum Gasteiger partial charge on any atom is -0.317 e. The normalized spacial score (nSPS) is 11.0. The molecular weight excluding hydrogens is 409 g/mol. The maximum Gasteiger partial charge on any atom is 0.275 e. The second kappa shape index (κ2) is 7.92. The van der Waals surface area contributed by atoms with E-state index in [0.717, 1.165) is 11.3 Å². The van der Waals surface area contributed by atoms with Gasteiger partial charge in [-0.3, -0.25) is 14.2 Å². The zero-order chi connectivity index (χ0) is 19.7. The van der Waals surface area contributed by atoms with Crippen LogP contribution in [-0.2, 0) is 13.1 Å². The molecule has 142 valence electrons. The molecule has 1 aromatic carbocycles. The summed E-state index contributed by atoms with van der Waals surface area (Å²) in [4.78, 5) is 12.7. The summed E-state index contributed by atoms with van der Waals surface area (Å²) in [6.45, 7) is 6.68. The van der Waals surface area contributed by atoms with Gasteiger partial charge in [-0.2, -0.15) is 10.2 Å². The molecule has 0 bridgehead atoms. The van der Waals surface area contributed by atoms with Crippen molar-refractivity contribution in [3.63, 3.8) is 0 Å². The fourth-order valence-electron chi connectivity index (χ4n) is 2.84. The molecule has 27 heavy (non-hydrogen) atoms. The van der Waals surface area contributed by atoms with Gasteiger partial charge >= 0.3 is 0 Å². The van der Waals surface area contributed by atoms with Crippen LogP contribution in [0.5, 0.6) is 0 Å². The van der Waals surface area contributed by atoms with Crippen molar-refractivity contribution in [2.75, 3.05) is 5.32 Å². The number of aryl methyl sites for hydroxylation is 2. The number of carbonyl (C=O) groups excluding carboxylic acids is 1. The SMILES string of the molecule is CCn1ncc(Cl)c1C(=O)Nc1c(C)nn(Cc2ccc(Cl)c(Cl)c2)c1C. The smallest absolute Gasteiger partial charge is 0.275 e. The monoisotopic (exact) mass is 425 g/mol. The van der Waals surface area contributed by atoms with Crippen molar-refractivity contribution in [1.29, 1.82) is 0 Å². The second-order valence-electron chi connectivity index (χ2n) is 6.06. The van der Waals surface area contributed by atoms with Crippen molar-refractivity contribution >= 4 is 46.4 Å². The van der Waals surface area contributed by atoms with Crippen molar-refractivity contribution in [2.45, 2.75) is 33.9 Å². The van der Waals surface area contributed by atoms with Crippen molar-refractivity contribution in [2.24, 2.45) is 0 Å². The lowest BCUT2D eigenvalue weighted by molar-refractivity contribution is 0.101. The maximum absolute atomic E-state index is 12.7. The molecular formula is C18H18Cl3N5O. The number of aromatic nitrogens is 4. The summed E-state index contributed by atoms with van der Waals surface area (Å²) >= 11 is 18.2. The molecule has 0 aliphatic heterocycles. The summed E-state index contributed by atoms with van der Waals surface area (Å²) < 4.78 is 3.37. The molecule has 0 saturated heterocycles. The maximum atomic E-state index is 12.7. The first-order chi connectivity index (χ1) is 12.8. The highest BCUT2D eigenvalue weighted by atomic mass is 35.5.